The number of H-pyrrole nitrogens is 1. The van der Waals surface area contributed by atoms with Gasteiger partial charge in [0.15, 0.2) is 0 Å². The fourth-order valence-corrected chi connectivity index (χ4v) is 1.69. The molecular formula is C9H10ClN3. The number of aromatic amines is 1. The van der Waals surface area contributed by atoms with Gasteiger partial charge in [-0.05, 0) is 30.7 Å². The molecule has 0 unspecified atom stereocenters. The summed E-state index contributed by atoms with van der Waals surface area (Å²) in [5.74, 6) is 0. The van der Waals surface area contributed by atoms with Crippen LogP contribution in [-0.4, -0.2) is 16.7 Å². The standard InChI is InChI=1S/C9H10ClN3/c10-8-3-6(1-2-11)9-7(4-8)5-12-13-9/h3-5H,1-2,11H2,(H,12,13). The van der Waals surface area contributed by atoms with E-state index >= 15 is 0 Å². The highest BCUT2D eigenvalue weighted by Crippen LogP contribution is 2.21. The lowest BCUT2D eigenvalue weighted by Gasteiger charge is -2.01. The highest BCUT2D eigenvalue weighted by atomic mass is 35.5. The smallest absolute Gasteiger partial charge is 0.0683 e. The zero-order valence-electron chi connectivity index (χ0n) is 7.05. The van der Waals surface area contributed by atoms with Gasteiger partial charge in [-0.3, -0.25) is 5.10 Å². The van der Waals surface area contributed by atoms with Crippen LogP contribution in [0.1, 0.15) is 5.56 Å². The van der Waals surface area contributed by atoms with Crippen molar-refractivity contribution in [2.24, 2.45) is 5.73 Å². The highest BCUT2D eigenvalue weighted by molar-refractivity contribution is 6.31. The molecule has 0 spiro atoms. The average molecular weight is 196 g/mol. The number of aromatic nitrogens is 2. The minimum atomic E-state index is 0.620. The summed E-state index contributed by atoms with van der Waals surface area (Å²) in [6, 6.07) is 3.81. The fraction of sp³-hybridized carbons (Fsp3) is 0.222. The van der Waals surface area contributed by atoms with Gasteiger partial charge in [-0.1, -0.05) is 11.6 Å². The third-order valence-electron chi connectivity index (χ3n) is 2.01. The molecule has 0 bridgehead atoms. The summed E-state index contributed by atoms with van der Waals surface area (Å²) in [5, 5.41) is 8.67. The predicted octanol–water partition coefficient (Wildman–Crippen LogP) is 1.72. The van der Waals surface area contributed by atoms with E-state index in [1.54, 1.807) is 6.20 Å². The van der Waals surface area contributed by atoms with Crippen molar-refractivity contribution in [3.8, 4) is 0 Å². The normalized spacial score (nSPS) is 10.9. The number of nitrogens with one attached hydrogen (secondary N) is 1. The Morgan fingerprint density at radius 3 is 3.08 bits per heavy atom. The van der Waals surface area contributed by atoms with E-state index in [1.165, 1.54) is 0 Å². The van der Waals surface area contributed by atoms with E-state index in [-0.39, 0.29) is 0 Å². The van der Waals surface area contributed by atoms with Crippen LogP contribution in [0, 0.1) is 0 Å². The first-order chi connectivity index (χ1) is 6.31. The topological polar surface area (TPSA) is 54.7 Å². The van der Waals surface area contributed by atoms with Gasteiger partial charge in [0.05, 0.1) is 11.7 Å². The molecular weight excluding hydrogens is 186 g/mol. The van der Waals surface area contributed by atoms with Crippen LogP contribution in [0.4, 0.5) is 0 Å². The Morgan fingerprint density at radius 1 is 1.46 bits per heavy atom. The summed E-state index contributed by atoms with van der Waals surface area (Å²) in [5.41, 5.74) is 7.66. The van der Waals surface area contributed by atoms with E-state index in [2.05, 4.69) is 10.2 Å². The number of nitrogens with zero attached hydrogens (tertiary/aromatic N) is 1. The molecule has 1 heterocycles. The molecule has 1 aromatic heterocycles. The van der Waals surface area contributed by atoms with E-state index in [9.17, 15) is 0 Å². The summed E-state index contributed by atoms with van der Waals surface area (Å²) in [7, 11) is 0. The number of rotatable bonds is 2. The molecule has 2 rings (SSSR count). The maximum Gasteiger partial charge on any atom is 0.0683 e. The van der Waals surface area contributed by atoms with Crippen molar-refractivity contribution in [1.82, 2.24) is 10.2 Å². The Bertz CT molecular complexity index is 422. The van der Waals surface area contributed by atoms with Crippen LogP contribution in [-0.2, 0) is 6.42 Å². The molecule has 2 aromatic rings. The molecule has 0 fully saturated rings. The summed E-state index contributed by atoms with van der Waals surface area (Å²) >= 11 is 5.93. The molecule has 0 aliphatic carbocycles. The largest absolute Gasteiger partial charge is 0.330 e. The second-order valence-corrected chi connectivity index (χ2v) is 3.37. The summed E-state index contributed by atoms with van der Waals surface area (Å²) in [6.07, 6.45) is 2.58. The molecule has 0 saturated carbocycles. The van der Waals surface area contributed by atoms with Crippen LogP contribution in [0.2, 0.25) is 5.02 Å². The molecule has 68 valence electrons. The van der Waals surface area contributed by atoms with Crippen LogP contribution < -0.4 is 5.73 Å². The maximum atomic E-state index is 5.93. The molecule has 0 amide bonds. The van der Waals surface area contributed by atoms with Crippen LogP contribution in [0.5, 0.6) is 0 Å². The van der Waals surface area contributed by atoms with Crippen molar-refractivity contribution in [1.29, 1.82) is 0 Å². The second kappa shape index (κ2) is 3.36. The van der Waals surface area contributed by atoms with Crippen molar-refractivity contribution in [3.63, 3.8) is 0 Å². The molecule has 0 radical (unpaired) electrons. The van der Waals surface area contributed by atoms with Gasteiger partial charge in [0, 0.05) is 10.4 Å². The molecule has 1 aromatic carbocycles. The number of benzene rings is 1. The molecule has 3 nitrogen and oxygen atoms in total. The zero-order chi connectivity index (χ0) is 9.26. The van der Waals surface area contributed by atoms with Crippen molar-refractivity contribution in [2.45, 2.75) is 6.42 Å². The maximum absolute atomic E-state index is 5.93. The number of nitrogens with two attached hydrogens (primary N) is 1. The highest BCUT2D eigenvalue weighted by Gasteiger charge is 2.03. The van der Waals surface area contributed by atoms with Gasteiger partial charge in [0.25, 0.3) is 0 Å². The molecule has 4 heteroatoms. The van der Waals surface area contributed by atoms with Crippen LogP contribution in [0.25, 0.3) is 10.9 Å². The van der Waals surface area contributed by atoms with Gasteiger partial charge in [0.1, 0.15) is 0 Å². The average Bonchev–Trinajstić information content (AvgIpc) is 2.52. The summed E-state index contributed by atoms with van der Waals surface area (Å²) in [6.45, 7) is 0.620. The Hall–Kier alpha value is -1.06. The van der Waals surface area contributed by atoms with E-state index < -0.39 is 0 Å². The monoisotopic (exact) mass is 195 g/mol. The lowest BCUT2D eigenvalue weighted by molar-refractivity contribution is 0.969. The Morgan fingerprint density at radius 2 is 2.31 bits per heavy atom. The summed E-state index contributed by atoms with van der Waals surface area (Å²) in [4.78, 5) is 0. The van der Waals surface area contributed by atoms with Gasteiger partial charge >= 0.3 is 0 Å². The minimum Gasteiger partial charge on any atom is -0.330 e. The Kier molecular flexibility index (Phi) is 2.20. The van der Waals surface area contributed by atoms with Gasteiger partial charge in [0.2, 0.25) is 0 Å². The van der Waals surface area contributed by atoms with Gasteiger partial charge in [-0.15, -0.1) is 0 Å². The second-order valence-electron chi connectivity index (χ2n) is 2.94. The number of hydrogen-bond acceptors (Lipinski definition) is 2. The summed E-state index contributed by atoms with van der Waals surface area (Å²) < 4.78 is 0. The van der Waals surface area contributed by atoms with Crippen LogP contribution in [0.15, 0.2) is 18.3 Å². The Labute approximate surface area is 80.9 Å². The lowest BCUT2D eigenvalue weighted by Crippen LogP contribution is -2.03. The van der Waals surface area contributed by atoms with Gasteiger partial charge < -0.3 is 5.73 Å². The van der Waals surface area contributed by atoms with Gasteiger partial charge in [-0.2, -0.15) is 5.10 Å². The van der Waals surface area contributed by atoms with Crippen molar-refractivity contribution >= 4 is 22.5 Å². The molecule has 3 N–H and O–H groups in total. The fourth-order valence-electron chi connectivity index (χ4n) is 1.44. The molecule has 0 aliphatic heterocycles. The lowest BCUT2D eigenvalue weighted by atomic mass is 10.1. The molecule has 0 aliphatic rings. The van der Waals surface area contributed by atoms with E-state index in [0.29, 0.717) is 6.54 Å². The Balaban J connectivity index is 2.63. The quantitative estimate of drug-likeness (QED) is 0.767. The zero-order valence-corrected chi connectivity index (χ0v) is 7.80. The number of fused-ring (bicyclic) bond motifs is 1. The van der Waals surface area contributed by atoms with E-state index in [1.807, 2.05) is 12.1 Å². The van der Waals surface area contributed by atoms with E-state index in [0.717, 1.165) is 27.9 Å². The van der Waals surface area contributed by atoms with Crippen molar-refractivity contribution in [3.05, 3.63) is 28.9 Å². The first-order valence-corrected chi connectivity index (χ1v) is 4.50. The van der Waals surface area contributed by atoms with Crippen molar-refractivity contribution in [2.75, 3.05) is 6.54 Å². The SMILES string of the molecule is NCCc1cc(Cl)cc2cn[nH]c12. The first kappa shape index (κ1) is 8.53. The first-order valence-electron chi connectivity index (χ1n) is 4.13. The molecule has 0 saturated heterocycles. The van der Waals surface area contributed by atoms with Crippen molar-refractivity contribution < 1.29 is 0 Å². The van der Waals surface area contributed by atoms with Crippen LogP contribution >= 0.6 is 11.6 Å². The minimum absolute atomic E-state index is 0.620. The third kappa shape index (κ3) is 1.53. The van der Waals surface area contributed by atoms with Gasteiger partial charge in [-0.25, -0.2) is 0 Å². The van der Waals surface area contributed by atoms with Crippen LogP contribution in [0.3, 0.4) is 0 Å². The molecule has 13 heavy (non-hydrogen) atoms. The molecule has 0 atom stereocenters. The number of hydrogen-bond donors (Lipinski definition) is 2. The van der Waals surface area contributed by atoms with E-state index in [4.69, 9.17) is 17.3 Å². The number of halogens is 1. The third-order valence-corrected chi connectivity index (χ3v) is 2.23. The predicted molar refractivity (Wildman–Crippen MR) is 53.9 cm³/mol.